The zero-order chi connectivity index (χ0) is 22.6. The first kappa shape index (κ1) is 23.4. The minimum atomic E-state index is -3.70. The molecule has 1 fully saturated rings. The average Bonchev–Trinajstić information content (AvgIpc) is 2.74. The lowest BCUT2D eigenvalue weighted by Crippen LogP contribution is -2.48. The number of rotatable bonds is 7. The third-order valence-corrected chi connectivity index (χ3v) is 6.74. The van der Waals surface area contributed by atoms with Crippen LogP contribution in [0.4, 0.5) is 11.4 Å². The van der Waals surface area contributed by atoms with Gasteiger partial charge in [-0.1, -0.05) is 29.8 Å². The maximum atomic E-state index is 12.8. The molecule has 0 aliphatic carbocycles. The third kappa shape index (κ3) is 5.90. The van der Waals surface area contributed by atoms with E-state index in [0.717, 1.165) is 48.1 Å². The van der Waals surface area contributed by atoms with Gasteiger partial charge in [0.05, 0.1) is 25.2 Å². The van der Waals surface area contributed by atoms with Gasteiger partial charge in [-0.15, -0.1) is 0 Å². The molecule has 3 rings (SSSR count). The smallest absolute Gasteiger partial charge is 0.243 e. The molecule has 0 bridgehead atoms. The summed E-state index contributed by atoms with van der Waals surface area (Å²) in [5.74, 6) is -0.387. The summed E-state index contributed by atoms with van der Waals surface area (Å²) in [6.45, 7) is 6.81. The Labute approximate surface area is 189 Å². The van der Waals surface area contributed by atoms with Crippen molar-refractivity contribution in [3.63, 3.8) is 0 Å². The van der Waals surface area contributed by atoms with Crippen LogP contribution in [0.1, 0.15) is 18.1 Å². The van der Waals surface area contributed by atoms with Gasteiger partial charge in [0, 0.05) is 30.3 Å². The molecular weight excluding hydrogens is 438 g/mol. The van der Waals surface area contributed by atoms with E-state index in [9.17, 15) is 13.2 Å². The van der Waals surface area contributed by atoms with Crippen LogP contribution in [-0.4, -0.2) is 52.9 Å². The van der Waals surface area contributed by atoms with E-state index in [1.807, 2.05) is 24.3 Å². The van der Waals surface area contributed by atoms with Gasteiger partial charge >= 0.3 is 0 Å². The van der Waals surface area contributed by atoms with Gasteiger partial charge in [-0.25, -0.2) is 8.42 Å². The average molecular weight is 466 g/mol. The number of carbonyl (C=O) groups is 1. The summed E-state index contributed by atoms with van der Waals surface area (Å²) < 4.78 is 31.5. The first-order valence-corrected chi connectivity index (χ1v) is 12.3. The lowest BCUT2D eigenvalue weighted by atomic mass is 10.1. The molecule has 0 saturated carbocycles. The number of nitrogens with zero attached hydrogens (tertiary/aromatic N) is 2. The van der Waals surface area contributed by atoms with Crippen molar-refractivity contribution in [2.45, 2.75) is 26.4 Å². The molecular formula is C22H28ClN3O4S. The standard InChI is InChI=1S/C22H28ClN3O4S/c1-16-4-7-19(23)14-21(16)26(31(3,28)29)17(2)22(27)24-15-18-5-8-20(9-6-18)25-10-12-30-13-11-25/h4-9,14,17H,10-13,15H2,1-3H3,(H,24,27). The molecule has 1 heterocycles. The number of amides is 1. The van der Waals surface area contributed by atoms with E-state index in [1.165, 1.54) is 0 Å². The molecule has 7 nitrogen and oxygen atoms in total. The molecule has 1 amide bonds. The summed E-state index contributed by atoms with van der Waals surface area (Å²) in [6, 6.07) is 12.0. The highest BCUT2D eigenvalue weighted by Gasteiger charge is 2.30. The molecule has 1 aliphatic rings. The molecule has 1 atom stereocenters. The topological polar surface area (TPSA) is 79.0 Å². The molecule has 1 unspecified atom stereocenters. The summed E-state index contributed by atoms with van der Waals surface area (Å²) in [5, 5.41) is 3.25. The molecule has 2 aromatic rings. The van der Waals surface area contributed by atoms with Gasteiger partial charge in [0.1, 0.15) is 6.04 Å². The Morgan fingerprint density at radius 2 is 1.84 bits per heavy atom. The fraction of sp³-hybridized carbons (Fsp3) is 0.409. The summed E-state index contributed by atoms with van der Waals surface area (Å²) in [6.07, 6.45) is 1.08. The van der Waals surface area contributed by atoms with Crippen LogP contribution >= 0.6 is 11.6 Å². The summed E-state index contributed by atoms with van der Waals surface area (Å²) >= 11 is 6.07. The quantitative estimate of drug-likeness (QED) is 0.680. The van der Waals surface area contributed by atoms with Crippen LogP contribution in [0.15, 0.2) is 42.5 Å². The minimum absolute atomic E-state index is 0.304. The van der Waals surface area contributed by atoms with Crippen molar-refractivity contribution in [2.75, 3.05) is 41.8 Å². The first-order chi connectivity index (χ1) is 14.7. The number of nitrogens with one attached hydrogen (secondary N) is 1. The second kappa shape index (κ2) is 9.89. The van der Waals surface area contributed by atoms with Crippen LogP contribution in [0.3, 0.4) is 0 Å². The minimum Gasteiger partial charge on any atom is -0.378 e. The van der Waals surface area contributed by atoms with Crippen LogP contribution in [0, 0.1) is 6.92 Å². The molecule has 9 heteroatoms. The summed E-state index contributed by atoms with van der Waals surface area (Å²) in [4.78, 5) is 15.1. The highest BCUT2D eigenvalue weighted by molar-refractivity contribution is 7.92. The summed E-state index contributed by atoms with van der Waals surface area (Å²) in [7, 11) is -3.70. The Bertz CT molecular complexity index is 1020. The Balaban J connectivity index is 1.69. The van der Waals surface area contributed by atoms with Gasteiger partial charge in [-0.2, -0.15) is 0 Å². The Kier molecular flexibility index (Phi) is 7.46. The zero-order valence-electron chi connectivity index (χ0n) is 18.0. The fourth-order valence-electron chi connectivity index (χ4n) is 3.58. The van der Waals surface area contributed by atoms with Gasteiger partial charge in [-0.05, 0) is 49.2 Å². The van der Waals surface area contributed by atoms with Crippen molar-refractivity contribution in [2.24, 2.45) is 0 Å². The number of halogens is 1. The van der Waals surface area contributed by atoms with Crippen molar-refractivity contribution >= 4 is 38.9 Å². The van der Waals surface area contributed by atoms with E-state index in [1.54, 1.807) is 32.0 Å². The Morgan fingerprint density at radius 3 is 2.45 bits per heavy atom. The molecule has 2 aromatic carbocycles. The normalized spacial score (nSPS) is 15.4. The van der Waals surface area contributed by atoms with Crippen molar-refractivity contribution in [3.05, 3.63) is 58.6 Å². The van der Waals surface area contributed by atoms with E-state index in [4.69, 9.17) is 16.3 Å². The molecule has 0 radical (unpaired) electrons. The first-order valence-electron chi connectivity index (χ1n) is 10.1. The predicted octanol–water partition coefficient (Wildman–Crippen LogP) is 2.96. The van der Waals surface area contributed by atoms with Crippen molar-refractivity contribution in [3.8, 4) is 0 Å². The maximum Gasteiger partial charge on any atom is 0.243 e. The highest BCUT2D eigenvalue weighted by atomic mass is 35.5. The number of hydrogen-bond donors (Lipinski definition) is 1. The number of sulfonamides is 1. The fourth-order valence-corrected chi connectivity index (χ4v) is 4.97. The number of carbonyl (C=O) groups excluding carboxylic acids is 1. The van der Waals surface area contributed by atoms with Crippen LogP contribution in [0.25, 0.3) is 0 Å². The maximum absolute atomic E-state index is 12.8. The number of aryl methyl sites for hydroxylation is 1. The van der Waals surface area contributed by atoms with Crippen LogP contribution in [0.5, 0.6) is 0 Å². The van der Waals surface area contributed by atoms with Crippen LogP contribution in [-0.2, 0) is 26.1 Å². The predicted molar refractivity (Wildman–Crippen MR) is 124 cm³/mol. The molecule has 0 aromatic heterocycles. The number of anilines is 2. The van der Waals surface area contributed by atoms with E-state index >= 15 is 0 Å². The molecule has 0 spiro atoms. The Hall–Kier alpha value is -2.29. The van der Waals surface area contributed by atoms with Crippen molar-refractivity contribution in [1.82, 2.24) is 5.32 Å². The van der Waals surface area contributed by atoms with E-state index in [-0.39, 0.29) is 5.91 Å². The SMILES string of the molecule is Cc1ccc(Cl)cc1N(C(C)C(=O)NCc1ccc(N2CCOCC2)cc1)S(C)(=O)=O. The lowest BCUT2D eigenvalue weighted by molar-refractivity contribution is -0.122. The number of hydrogen-bond acceptors (Lipinski definition) is 5. The molecule has 1 N–H and O–H groups in total. The molecule has 1 saturated heterocycles. The van der Waals surface area contributed by atoms with Gasteiger partial charge < -0.3 is 15.0 Å². The van der Waals surface area contributed by atoms with Gasteiger partial charge in [0.15, 0.2) is 0 Å². The second-order valence-electron chi connectivity index (χ2n) is 7.65. The van der Waals surface area contributed by atoms with E-state index in [2.05, 4.69) is 10.2 Å². The largest absolute Gasteiger partial charge is 0.378 e. The number of ether oxygens (including phenoxy) is 1. The summed E-state index contributed by atoms with van der Waals surface area (Å²) in [5.41, 5.74) is 3.16. The Morgan fingerprint density at radius 1 is 1.19 bits per heavy atom. The molecule has 1 aliphatic heterocycles. The van der Waals surface area contributed by atoms with Crippen LogP contribution < -0.4 is 14.5 Å². The number of benzene rings is 2. The third-order valence-electron chi connectivity index (χ3n) is 5.28. The van der Waals surface area contributed by atoms with Crippen LogP contribution in [0.2, 0.25) is 5.02 Å². The molecule has 31 heavy (non-hydrogen) atoms. The van der Waals surface area contributed by atoms with Gasteiger partial charge in [0.2, 0.25) is 15.9 Å². The van der Waals surface area contributed by atoms with E-state index < -0.39 is 16.1 Å². The lowest BCUT2D eigenvalue weighted by Gasteiger charge is -2.30. The van der Waals surface area contributed by atoms with Gasteiger partial charge in [-0.3, -0.25) is 9.10 Å². The number of morpholine rings is 1. The van der Waals surface area contributed by atoms with Crippen molar-refractivity contribution in [1.29, 1.82) is 0 Å². The zero-order valence-corrected chi connectivity index (χ0v) is 19.5. The molecule has 168 valence electrons. The second-order valence-corrected chi connectivity index (χ2v) is 9.95. The van der Waals surface area contributed by atoms with Gasteiger partial charge in [0.25, 0.3) is 0 Å². The highest BCUT2D eigenvalue weighted by Crippen LogP contribution is 2.28. The van der Waals surface area contributed by atoms with E-state index in [0.29, 0.717) is 22.8 Å². The van der Waals surface area contributed by atoms with Crippen molar-refractivity contribution < 1.29 is 17.9 Å². The monoisotopic (exact) mass is 465 g/mol.